The van der Waals surface area contributed by atoms with Crippen molar-refractivity contribution in [3.8, 4) is 17.1 Å². The van der Waals surface area contributed by atoms with Gasteiger partial charge in [0.2, 0.25) is 0 Å². The minimum absolute atomic E-state index is 0.0264. The van der Waals surface area contributed by atoms with E-state index in [4.69, 9.17) is 9.63 Å². The SMILES string of the molecule is Cc1noc(-c2ccccc2O)c1C(=O)O. The van der Waals surface area contributed by atoms with Crippen molar-refractivity contribution in [2.45, 2.75) is 6.92 Å². The number of carbonyl (C=O) groups is 1. The molecule has 0 fully saturated rings. The molecule has 0 saturated heterocycles. The molecule has 0 atom stereocenters. The first-order valence-corrected chi connectivity index (χ1v) is 4.59. The van der Waals surface area contributed by atoms with Crippen LogP contribution in [-0.4, -0.2) is 21.3 Å². The van der Waals surface area contributed by atoms with Gasteiger partial charge < -0.3 is 14.7 Å². The Bertz CT molecular complexity index is 545. The van der Waals surface area contributed by atoms with Crippen LogP contribution < -0.4 is 0 Å². The highest BCUT2D eigenvalue weighted by Crippen LogP contribution is 2.32. The number of carboxylic acid groups (broad SMARTS) is 1. The molecule has 1 heterocycles. The van der Waals surface area contributed by atoms with E-state index in [1.165, 1.54) is 13.0 Å². The summed E-state index contributed by atoms with van der Waals surface area (Å²) in [5, 5.41) is 22.2. The third kappa shape index (κ3) is 1.52. The molecular formula is C11H9NO4. The number of phenols is 1. The van der Waals surface area contributed by atoms with Crippen molar-refractivity contribution < 1.29 is 19.5 Å². The predicted octanol–water partition coefficient (Wildman–Crippen LogP) is 2.05. The highest BCUT2D eigenvalue weighted by Gasteiger charge is 2.22. The Hall–Kier alpha value is -2.30. The maximum Gasteiger partial charge on any atom is 0.341 e. The van der Waals surface area contributed by atoms with E-state index in [2.05, 4.69) is 5.16 Å². The molecule has 1 aromatic carbocycles. The Morgan fingerprint density at radius 1 is 1.38 bits per heavy atom. The lowest BCUT2D eigenvalue weighted by molar-refractivity contribution is 0.0696. The normalized spacial score (nSPS) is 10.3. The summed E-state index contributed by atoms with van der Waals surface area (Å²) in [6, 6.07) is 6.35. The van der Waals surface area contributed by atoms with E-state index in [0.717, 1.165) is 0 Å². The molecule has 5 nitrogen and oxygen atoms in total. The van der Waals surface area contributed by atoms with Crippen LogP contribution in [0.2, 0.25) is 0 Å². The first-order valence-electron chi connectivity index (χ1n) is 4.59. The van der Waals surface area contributed by atoms with Gasteiger partial charge in [-0.25, -0.2) is 4.79 Å². The lowest BCUT2D eigenvalue weighted by Crippen LogP contribution is -1.99. The topological polar surface area (TPSA) is 83.6 Å². The number of phenolic OH excluding ortho intramolecular Hbond substituents is 1. The number of hydrogen-bond acceptors (Lipinski definition) is 4. The van der Waals surface area contributed by atoms with Gasteiger partial charge in [-0.05, 0) is 19.1 Å². The molecule has 16 heavy (non-hydrogen) atoms. The van der Waals surface area contributed by atoms with Gasteiger partial charge in [-0.2, -0.15) is 0 Å². The fourth-order valence-electron chi connectivity index (χ4n) is 1.47. The van der Waals surface area contributed by atoms with E-state index in [9.17, 15) is 9.90 Å². The minimum Gasteiger partial charge on any atom is -0.507 e. The fraction of sp³-hybridized carbons (Fsp3) is 0.0909. The van der Waals surface area contributed by atoms with E-state index < -0.39 is 5.97 Å². The summed E-state index contributed by atoms with van der Waals surface area (Å²) in [4.78, 5) is 11.0. The smallest absolute Gasteiger partial charge is 0.341 e. The molecule has 0 amide bonds. The van der Waals surface area contributed by atoms with Gasteiger partial charge in [-0.1, -0.05) is 17.3 Å². The summed E-state index contributed by atoms with van der Waals surface area (Å²) >= 11 is 0. The number of rotatable bonds is 2. The van der Waals surface area contributed by atoms with Gasteiger partial charge in [-0.3, -0.25) is 0 Å². The Kier molecular flexibility index (Phi) is 2.36. The van der Waals surface area contributed by atoms with Gasteiger partial charge >= 0.3 is 5.97 Å². The largest absolute Gasteiger partial charge is 0.507 e. The van der Waals surface area contributed by atoms with Crippen molar-refractivity contribution in [2.24, 2.45) is 0 Å². The quantitative estimate of drug-likeness (QED) is 0.807. The van der Waals surface area contributed by atoms with E-state index in [-0.39, 0.29) is 22.8 Å². The van der Waals surface area contributed by atoms with Crippen molar-refractivity contribution in [1.82, 2.24) is 5.16 Å². The lowest BCUT2D eigenvalue weighted by atomic mass is 10.1. The third-order valence-electron chi connectivity index (χ3n) is 2.23. The standard InChI is InChI=1S/C11H9NO4/c1-6-9(11(14)15)10(16-12-6)7-4-2-3-5-8(7)13/h2-5,13H,1H3,(H,14,15). The summed E-state index contributed by atoms with van der Waals surface area (Å²) < 4.78 is 4.93. The van der Waals surface area contributed by atoms with Crippen LogP contribution in [0.25, 0.3) is 11.3 Å². The zero-order valence-electron chi connectivity index (χ0n) is 8.47. The van der Waals surface area contributed by atoms with Gasteiger partial charge in [-0.15, -0.1) is 0 Å². The lowest BCUT2D eigenvalue weighted by Gasteiger charge is -2.00. The fourth-order valence-corrected chi connectivity index (χ4v) is 1.47. The summed E-state index contributed by atoms with van der Waals surface area (Å²) in [6.07, 6.45) is 0. The van der Waals surface area contributed by atoms with Crippen LogP contribution in [0.15, 0.2) is 28.8 Å². The number of nitrogens with zero attached hydrogens (tertiary/aromatic N) is 1. The molecule has 1 aromatic heterocycles. The molecule has 0 bridgehead atoms. The Morgan fingerprint density at radius 3 is 2.69 bits per heavy atom. The van der Waals surface area contributed by atoms with Crippen LogP contribution in [-0.2, 0) is 0 Å². The van der Waals surface area contributed by atoms with Crippen LogP contribution in [0.4, 0.5) is 0 Å². The second-order valence-corrected chi connectivity index (χ2v) is 3.29. The first kappa shape index (κ1) is 10.2. The zero-order chi connectivity index (χ0) is 11.7. The van der Waals surface area contributed by atoms with Gasteiger partial charge in [0.05, 0.1) is 11.3 Å². The van der Waals surface area contributed by atoms with Crippen molar-refractivity contribution >= 4 is 5.97 Å². The third-order valence-corrected chi connectivity index (χ3v) is 2.23. The molecule has 0 aliphatic carbocycles. The second kappa shape index (κ2) is 3.69. The highest BCUT2D eigenvalue weighted by atomic mass is 16.5. The summed E-state index contributed by atoms with van der Waals surface area (Å²) in [5.74, 6) is -1.10. The van der Waals surface area contributed by atoms with Crippen LogP contribution in [0.1, 0.15) is 16.1 Å². The molecule has 0 radical (unpaired) electrons. The Morgan fingerprint density at radius 2 is 2.06 bits per heavy atom. The average molecular weight is 219 g/mol. The summed E-state index contributed by atoms with van der Waals surface area (Å²) in [7, 11) is 0. The Labute approximate surface area is 90.9 Å². The molecule has 0 spiro atoms. The minimum atomic E-state index is -1.13. The number of aromatic nitrogens is 1. The van der Waals surface area contributed by atoms with Gasteiger partial charge in [0.1, 0.15) is 11.3 Å². The zero-order valence-corrected chi connectivity index (χ0v) is 8.47. The molecule has 5 heteroatoms. The Balaban J connectivity index is 2.66. The molecule has 2 N–H and O–H groups in total. The number of aromatic carboxylic acids is 1. The molecule has 0 aliphatic rings. The molecule has 2 aromatic rings. The molecule has 0 saturated carbocycles. The molecule has 0 aliphatic heterocycles. The number of para-hydroxylation sites is 1. The van der Waals surface area contributed by atoms with Crippen molar-refractivity contribution in [2.75, 3.05) is 0 Å². The van der Waals surface area contributed by atoms with Crippen LogP contribution >= 0.6 is 0 Å². The molecule has 0 unspecified atom stereocenters. The average Bonchev–Trinajstić information content (AvgIpc) is 2.61. The second-order valence-electron chi connectivity index (χ2n) is 3.29. The summed E-state index contributed by atoms with van der Waals surface area (Å²) in [5.41, 5.74) is 0.577. The van der Waals surface area contributed by atoms with Crippen LogP contribution in [0.3, 0.4) is 0 Å². The summed E-state index contributed by atoms with van der Waals surface area (Å²) in [6.45, 7) is 1.54. The number of carboxylic acids is 1. The van der Waals surface area contributed by atoms with E-state index in [0.29, 0.717) is 5.56 Å². The van der Waals surface area contributed by atoms with Gasteiger partial charge in [0, 0.05) is 0 Å². The monoisotopic (exact) mass is 219 g/mol. The van der Waals surface area contributed by atoms with Crippen molar-refractivity contribution in [3.63, 3.8) is 0 Å². The van der Waals surface area contributed by atoms with E-state index in [1.54, 1.807) is 18.2 Å². The van der Waals surface area contributed by atoms with Crippen LogP contribution in [0, 0.1) is 6.92 Å². The van der Waals surface area contributed by atoms with Crippen molar-refractivity contribution in [1.29, 1.82) is 0 Å². The predicted molar refractivity (Wildman–Crippen MR) is 55.3 cm³/mol. The number of aryl methyl sites for hydroxylation is 1. The first-order chi connectivity index (χ1) is 7.61. The van der Waals surface area contributed by atoms with E-state index in [1.807, 2.05) is 0 Å². The van der Waals surface area contributed by atoms with Gasteiger partial charge in [0.15, 0.2) is 5.76 Å². The van der Waals surface area contributed by atoms with E-state index >= 15 is 0 Å². The molecule has 82 valence electrons. The molecular weight excluding hydrogens is 210 g/mol. The highest BCUT2D eigenvalue weighted by molar-refractivity contribution is 5.96. The number of aromatic hydroxyl groups is 1. The maximum absolute atomic E-state index is 11.0. The molecule has 2 rings (SSSR count). The number of benzene rings is 1. The van der Waals surface area contributed by atoms with Gasteiger partial charge in [0.25, 0.3) is 0 Å². The number of hydrogen-bond donors (Lipinski definition) is 2. The van der Waals surface area contributed by atoms with Crippen molar-refractivity contribution in [3.05, 3.63) is 35.5 Å². The van der Waals surface area contributed by atoms with Crippen LogP contribution in [0.5, 0.6) is 5.75 Å². The maximum atomic E-state index is 11.0.